The number of carboxylic acids is 1. The van der Waals surface area contributed by atoms with E-state index < -0.39 is 5.97 Å². The SMILES string of the molecule is CN(C)C(CC(=O)O)Cc1ccc(Cl)c(Cl)c1. The fourth-order valence-corrected chi connectivity index (χ4v) is 1.90. The molecule has 0 amide bonds. The average Bonchev–Trinajstić information content (AvgIpc) is 2.21. The number of hydrogen-bond acceptors (Lipinski definition) is 2. The van der Waals surface area contributed by atoms with Crippen molar-refractivity contribution in [3.63, 3.8) is 0 Å². The van der Waals surface area contributed by atoms with Gasteiger partial charge in [0.1, 0.15) is 0 Å². The number of carboxylic acid groups (broad SMARTS) is 1. The number of likely N-dealkylation sites (N-methyl/N-ethyl adjacent to an activating group) is 1. The fraction of sp³-hybridized carbons (Fsp3) is 0.417. The molecule has 1 atom stereocenters. The first-order chi connectivity index (χ1) is 7.90. The molecule has 17 heavy (non-hydrogen) atoms. The Morgan fingerprint density at radius 3 is 2.47 bits per heavy atom. The smallest absolute Gasteiger partial charge is 0.304 e. The van der Waals surface area contributed by atoms with Gasteiger partial charge in [-0.05, 0) is 38.2 Å². The summed E-state index contributed by atoms with van der Waals surface area (Å²) in [7, 11) is 3.73. The van der Waals surface area contributed by atoms with E-state index in [0.717, 1.165) is 5.56 Å². The minimum Gasteiger partial charge on any atom is -0.481 e. The van der Waals surface area contributed by atoms with Crippen LogP contribution < -0.4 is 0 Å². The van der Waals surface area contributed by atoms with Crippen molar-refractivity contribution in [3.8, 4) is 0 Å². The number of halogens is 2. The van der Waals surface area contributed by atoms with Crippen LogP contribution in [-0.2, 0) is 11.2 Å². The predicted octanol–water partition coefficient (Wildman–Crippen LogP) is 2.94. The molecule has 0 radical (unpaired) electrons. The van der Waals surface area contributed by atoms with Gasteiger partial charge in [0.25, 0.3) is 0 Å². The van der Waals surface area contributed by atoms with Crippen molar-refractivity contribution in [2.45, 2.75) is 18.9 Å². The molecule has 1 aromatic rings. The standard InChI is InChI=1S/C12H15Cl2NO2/c1-15(2)9(7-12(16)17)5-8-3-4-10(13)11(14)6-8/h3-4,6,9H,5,7H2,1-2H3,(H,16,17). The Labute approximate surface area is 111 Å². The molecule has 1 rings (SSSR count). The first-order valence-electron chi connectivity index (χ1n) is 5.22. The summed E-state index contributed by atoms with van der Waals surface area (Å²) in [6.07, 6.45) is 0.740. The Hall–Kier alpha value is -0.770. The molecule has 0 aromatic heterocycles. The minimum atomic E-state index is -0.802. The monoisotopic (exact) mass is 275 g/mol. The largest absolute Gasteiger partial charge is 0.481 e. The average molecular weight is 276 g/mol. The van der Waals surface area contributed by atoms with E-state index in [0.29, 0.717) is 16.5 Å². The molecule has 3 nitrogen and oxygen atoms in total. The molecule has 0 saturated heterocycles. The van der Waals surface area contributed by atoms with Crippen molar-refractivity contribution in [2.24, 2.45) is 0 Å². The molecule has 0 aliphatic heterocycles. The minimum absolute atomic E-state index is 0.0512. The van der Waals surface area contributed by atoms with E-state index in [1.807, 2.05) is 25.1 Å². The molecule has 94 valence electrons. The number of aliphatic carboxylic acids is 1. The summed E-state index contributed by atoms with van der Waals surface area (Å²) in [5.41, 5.74) is 0.986. The lowest BCUT2D eigenvalue weighted by Crippen LogP contribution is -2.32. The third kappa shape index (κ3) is 4.54. The Morgan fingerprint density at radius 2 is 2.00 bits per heavy atom. The first kappa shape index (κ1) is 14.3. The highest BCUT2D eigenvalue weighted by atomic mass is 35.5. The summed E-state index contributed by atoms with van der Waals surface area (Å²) < 4.78 is 0. The number of benzene rings is 1. The maximum atomic E-state index is 10.8. The van der Waals surface area contributed by atoms with Gasteiger partial charge >= 0.3 is 5.97 Å². The molecule has 0 bridgehead atoms. The van der Waals surface area contributed by atoms with E-state index in [-0.39, 0.29) is 12.5 Å². The zero-order valence-electron chi connectivity index (χ0n) is 9.78. The molecule has 0 spiro atoms. The van der Waals surface area contributed by atoms with Crippen molar-refractivity contribution in [2.75, 3.05) is 14.1 Å². The second-order valence-corrected chi connectivity index (χ2v) is 4.98. The number of carbonyl (C=O) groups is 1. The molecular weight excluding hydrogens is 261 g/mol. The molecule has 0 aliphatic rings. The summed E-state index contributed by atoms with van der Waals surface area (Å²) in [6, 6.07) is 5.33. The lowest BCUT2D eigenvalue weighted by atomic mass is 10.0. The van der Waals surface area contributed by atoms with Gasteiger partial charge in [-0.1, -0.05) is 29.3 Å². The normalized spacial score (nSPS) is 12.8. The maximum absolute atomic E-state index is 10.8. The van der Waals surface area contributed by atoms with E-state index in [9.17, 15) is 4.79 Å². The summed E-state index contributed by atoms with van der Waals surface area (Å²) in [4.78, 5) is 12.7. The highest BCUT2D eigenvalue weighted by Crippen LogP contribution is 2.23. The lowest BCUT2D eigenvalue weighted by molar-refractivity contribution is -0.138. The zero-order valence-corrected chi connectivity index (χ0v) is 11.3. The lowest BCUT2D eigenvalue weighted by Gasteiger charge is -2.22. The van der Waals surface area contributed by atoms with Gasteiger partial charge in [0.2, 0.25) is 0 Å². The topological polar surface area (TPSA) is 40.5 Å². The van der Waals surface area contributed by atoms with E-state index >= 15 is 0 Å². The molecule has 0 saturated carbocycles. The third-order valence-corrected chi connectivity index (χ3v) is 3.33. The highest BCUT2D eigenvalue weighted by Gasteiger charge is 2.16. The van der Waals surface area contributed by atoms with Gasteiger partial charge in [0.05, 0.1) is 16.5 Å². The molecule has 1 unspecified atom stereocenters. The van der Waals surface area contributed by atoms with Crippen LogP contribution in [0.3, 0.4) is 0 Å². The molecule has 0 aliphatic carbocycles. The van der Waals surface area contributed by atoms with Crippen LogP contribution in [0.15, 0.2) is 18.2 Å². The Morgan fingerprint density at radius 1 is 1.35 bits per heavy atom. The van der Waals surface area contributed by atoms with Crippen molar-refractivity contribution < 1.29 is 9.90 Å². The number of nitrogens with zero attached hydrogens (tertiary/aromatic N) is 1. The maximum Gasteiger partial charge on any atom is 0.304 e. The Bertz CT molecular complexity index is 407. The number of hydrogen-bond donors (Lipinski definition) is 1. The van der Waals surface area contributed by atoms with Crippen LogP contribution in [0.2, 0.25) is 10.0 Å². The second-order valence-electron chi connectivity index (χ2n) is 4.17. The summed E-state index contributed by atoms with van der Waals surface area (Å²) >= 11 is 11.7. The second kappa shape index (κ2) is 6.24. The van der Waals surface area contributed by atoms with Gasteiger partial charge in [0.15, 0.2) is 0 Å². The Balaban J connectivity index is 2.78. The van der Waals surface area contributed by atoms with Crippen molar-refractivity contribution >= 4 is 29.2 Å². The predicted molar refractivity (Wildman–Crippen MR) is 69.9 cm³/mol. The van der Waals surface area contributed by atoms with Crippen LogP contribution >= 0.6 is 23.2 Å². The van der Waals surface area contributed by atoms with Crippen LogP contribution in [0, 0.1) is 0 Å². The van der Waals surface area contributed by atoms with Gasteiger partial charge in [0, 0.05) is 6.04 Å². The summed E-state index contributed by atoms with van der Waals surface area (Å²) in [5, 5.41) is 9.84. The van der Waals surface area contributed by atoms with E-state index in [1.54, 1.807) is 12.1 Å². The molecule has 5 heteroatoms. The van der Waals surface area contributed by atoms with Crippen LogP contribution in [0.25, 0.3) is 0 Å². The third-order valence-electron chi connectivity index (χ3n) is 2.60. The molecular formula is C12H15Cl2NO2. The summed E-state index contributed by atoms with van der Waals surface area (Å²) in [6.45, 7) is 0. The van der Waals surface area contributed by atoms with E-state index in [4.69, 9.17) is 28.3 Å². The van der Waals surface area contributed by atoms with Crippen LogP contribution in [0.1, 0.15) is 12.0 Å². The molecule has 1 aromatic carbocycles. The van der Waals surface area contributed by atoms with Gasteiger partial charge in [-0.25, -0.2) is 0 Å². The first-order valence-corrected chi connectivity index (χ1v) is 5.98. The fourth-order valence-electron chi connectivity index (χ4n) is 1.58. The summed E-state index contributed by atoms with van der Waals surface area (Å²) in [5.74, 6) is -0.802. The number of rotatable bonds is 5. The van der Waals surface area contributed by atoms with Gasteiger partial charge < -0.3 is 10.0 Å². The quantitative estimate of drug-likeness (QED) is 0.898. The molecule has 1 N–H and O–H groups in total. The van der Waals surface area contributed by atoms with Crippen LogP contribution in [0.5, 0.6) is 0 Å². The van der Waals surface area contributed by atoms with Crippen molar-refractivity contribution in [1.29, 1.82) is 0 Å². The zero-order chi connectivity index (χ0) is 13.0. The van der Waals surface area contributed by atoms with Crippen LogP contribution in [-0.4, -0.2) is 36.1 Å². The van der Waals surface area contributed by atoms with Crippen LogP contribution in [0.4, 0.5) is 0 Å². The van der Waals surface area contributed by atoms with E-state index in [1.165, 1.54) is 0 Å². The van der Waals surface area contributed by atoms with Crippen molar-refractivity contribution in [1.82, 2.24) is 4.90 Å². The molecule has 0 fully saturated rings. The molecule has 0 heterocycles. The van der Waals surface area contributed by atoms with Crippen molar-refractivity contribution in [3.05, 3.63) is 33.8 Å². The van der Waals surface area contributed by atoms with Gasteiger partial charge in [-0.2, -0.15) is 0 Å². The van der Waals surface area contributed by atoms with Gasteiger partial charge in [-0.15, -0.1) is 0 Å². The Kier molecular flexibility index (Phi) is 5.25. The highest BCUT2D eigenvalue weighted by molar-refractivity contribution is 6.42. The van der Waals surface area contributed by atoms with Gasteiger partial charge in [-0.3, -0.25) is 4.79 Å². The van der Waals surface area contributed by atoms with E-state index in [2.05, 4.69) is 0 Å².